The summed E-state index contributed by atoms with van der Waals surface area (Å²) < 4.78 is 15.5. The number of ether oxygens (including phenoxy) is 2. The lowest BCUT2D eigenvalue weighted by Crippen LogP contribution is -2.36. The van der Waals surface area contributed by atoms with Crippen LogP contribution in [0.15, 0.2) is 34.9 Å². The standard InChI is InChI=1S/C18H21NO6/c1-18(2,12-5-6-13(23-3)14(8-12)24-4)10-19-16(20)15-7-11(9-25-15)17(21)22/h5-9H,10H2,1-4H3,(H,19,20)(H,21,22). The smallest absolute Gasteiger partial charge is 0.338 e. The minimum atomic E-state index is -1.14. The molecule has 7 nitrogen and oxygen atoms in total. The number of carbonyl (C=O) groups is 2. The molecule has 2 rings (SSSR count). The summed E-state index contributed by atoms with van der Waals surface area (Å²) in [5.74, 6) is -0.422. The Labute approximate surface area is 145 Å². The summed E-state index contributed by atoms with van der Waals surface area (Å²) in [6, 6.07) is 6.77. The minimum Gasteiger partial charge on any atom is -0.493 e. The molecule has 0 radical (unpaired) electrons. The van der Waals surface area contributed by atoms with E-state index < -0.39 is 17.3 Å². The van der Waals surface area contributed by atoms with Gasteiger partial charge in [0.25, 0.3) is 5.91 Å². The molecule has 2 aromatic rings. The van der Waals surface area contributed by atoms with Gasteiger partial charge in [-0.3, -0.25) is 4.79 Å². The average Bonchev–Trinajstić information content (AvgIpc) is 3.09. The Bertz CT molecular complexity index is 778. The predicted octanol–water partition coefficient (Wildman–Crippen LogP) is 2.70. The van der Waals surface area contributed by atoms with Gasteiger partial charge in [0.05, 0.1) is 19.8 Å². The molecule has 7 heteroatoms. The first kappa shape index (κ1) is 18.4. The first-order chi connectivity index (χ1) is 11.8. The van der Waals surface area contributed by atoms with Gasteiger partial charge in [-0.25, -0.2) is 4.79 Å². The highest BCUT2D eigenvalue weighted by Crippen LogP contribution is 2.32. The molecular weight excluding hydrogens is 326 g/mol. The fourth-order valence-electron chi connectivity index (χ4n) is 2.32. The summed E-state index contributed by atoms with van der Waals surface area (Å²) in [4.78, 5) is 23.0. The van der Waals surface area contributed by atoms with Gasteiger partial charge in [0.2, 0.25) is 0 Å². The summed E-state index contributed by atoms with van der Waals surface area (Å²) in [5, 5.41) is 11.6. The molecular formula is C18H21NO6. The maximum absolute atomic E-state index is 12.1. The second-order valence-electron chi connectivity index (χ2n) is 6.14. The van der Waals surface area contributed by atoms with Gasteiger partial charge in [-0.05, 0) is 17.7 Å². The number of hydrogen-bond acceptors (Lipinski definition) is 5. The zero-order valence-electron chi connectivity index (χ0n) is 14.6. The lowest BCUT2D eigenvalue weighted by Gasteiger charge is -2.26. The number of nitrogens with one attached hydrogen (secondary N) is 1. The van der Waals surface area contributed by atoms with E-state index in [1.54, 1.807) is 14.2 Å². The van der Waals surface area contributed by atoms with Crippen LogP contribution in [0, 0.1) is 0 Å². The van der Waals surface area contributed by atoms with Crippen LogP contribution in [-0.4, -0.2) is 37.7 Å². The predicted molar refractivity (Wildman–Crippen MR) is 90.6 cm³/mol. The Balaban J connectivity index is 2.10. The van der Waals surface area contributed by atoms with Crippen molar-refractivity contribution in [3.63, 3.8) is 0 Å². The zero-order valence-corrected chi connectivity index (χ0v) is 14.6. The lowest BCUT2D eigenvalue weighted by atomic mass is 9.84. The van der Waals surface area contributed by atoms with E-state index in [4.69, 9.17) is 19.0 Å². The van der Waals surface area contributed by atoms with Gasteiger partial charge in [-0.1, -0.05) is 19.9 Å². The molecule has 0 aliphatic carbocycles. The van der Waals surface area contributed by atoms with Crippen molar-refractivity contribution in [3.8, 4) is 11.5 Å². The monoisotopic (exact) mass is 347 g/mol. The van der Waals surface area contributed by atoms with Gasteiger partial charge in [-0.2, -0.15) is 0 Å². The number of carbonyl (C=O) groups excluding carboxylic acids is 1. The average molecular weight is 347 g/mol. The fraction of sp³-hybridized carbons (Fsp3) is 0.333. The van der Waals surface area contributed by atoms with Crippen molar-refractivity contribution in [2.45, 2.75) is 19.3 Å². The molecule has 1 heterocycles. The topological polar surface area (TPSA) is 98.0 Å². The Morgan fingerprint density at radius 3 is 2.40 bits per heavy atom. The second kappa shape index (κ2) is 7.29. The van der Waals surface area contributed by atoms with Crippen LogP contribution in [-0.2, 0) is 5.41 Å². The normalized spacial score (nSPS) is 11.0. The Morgan fingerprint density at radius 2 is 1.84 bits per heavy atom. The van der Waals surface area contributed by atoms with Crippen molar-refractivity contribution in [1.29, 1.82) is 0 Å². The maximum atomic E-state index is 12.1. The second-order valence-corrected chi connectivity index (χ2v) is 6.14. The highest BCUT2D eigenvalue weighted by molar-refractivity contribution is 5.95. The zero-order chi connectivity index (χ0) is 18.6. The van der Waals surface area contributed by atoms with Crippen LogP contribution >= 0.6 is 0 Å². The Morgan fingerprint density at radius 1 is 1.16 bits per heavy atom. The third-order valence-corrected chi connectivity index (χ3v) is 3.93. The number of benzene rings is 1. The van der Waals surface area contributed by atoms with Crippen LogP contribution in [0.5, 0.6) is 11.5 Å². The molecule has 0 saturated carbocycles. The van der Waals surface area contributed by atoms with Gasteiger partial charge >= 0.3 is 5.97 Å². The maximum Gasteiger partial charge on any atom is 0.338 e. The molecule has 2 N–H and O–H groups in total. The number of aromatic carboxylic acids is 1. The molecule has 0 unspecified atom stereocenters. The van der Waals surface area contributed by atoms with Crippen LogP contribution < -0.4 is 14.8 Å². The van der Waals surface area contributed by atoms with Crippen molar-refractivity contribution < 1.29 is 28.6 Å². The molecule has 0 saturated heterocycles. The lowest BCUT2D eigenvalue weighted by molar-refractivity contribution is 0.0696. The Hall–Kier alpha value is -2.96. The minimum absolute atomic E-state index is 0.0412. The fourth-order valence-corrected chi connectivity index (χ4v) is 2.32. The number of amides is 1. The van der Waals surface area contributed by atoms with Crippen molar-refractivity contribution in [3.05, 3.63) is 47.4 Å². The highest BCUT2D eigenvalue weighted by Gasteiger charge is 2.24. The van der Waals surface area contributed by atoms with Crippen LogP contribution in [0.4, 0.5) is 0 Å². The van der Waals surface area contributed by atoms with E-state index in [2.05, 4.69) is 5.32 Å². The van der Waals surface area contributed by atoms with E-state index in [0.717, 1.165) is 11.8 Å². The van der Waals surface area contributed by atoms with Crippen LogP contribution in [0.1, 0.15) is 40.3 Å². The van der Waals surface area contributed by atoms with Crippen molar-refractivity contribution in [2.24, 2.45) is 0 Å². The molecule has 0 fully saturated rings. The van der Waals surface area contributed by atoms with E-state index in [0.29, 0.717) is 18.0 Å². The van der Waals surface area contributed by atoms with Crippen LogP contribution in [0.25, 0.3) is 0 Å². The van der Waals surface area contributed by atoms with Crippen LogP contribution in [0.3, 0.4) is 0 Å². The highest BCUT2D eigenvalue weighted by atomic mass is 16.5. The molecule has 25 heavy (non-hydrogen) atoms. The molecule has 0 bridgehead atoms. The summed E-state index contributed by atoms with van der Waals surface area (Å²) in [7, 11) is 3.13. The van der Waals surface area contributed by atoms with E-state index in [1.165, 1.54) is 6.07 Å². The number of carboxylic acid groups (broad SMARTS) is 1. The van der Waals surface area contributed by atoms with E-state index in [1.807, 2.05) is 32.0 Å². The molecule has 0 aliphatic rings. The molecule has 1 aromatic carbocycles. The summed E-state index contributed by atoms with van der Waals surface area (Å²) in [5.41, 5.74) is 0.498. The van der Waals surface area contributed by atoms with Gasteiger partial charge in [0.1, 0.15) is 6.26 Å². The van der Waals surface area contributed by atoms with E-state index in [9.17, 15) is 9.59 Å². The number of hydrogen-bond donors (Lipinski definition) is 2. The van der Waals surface area contributed by atoms with Crippen molar-refractivity contribution in [2.75, 3.05) is 20.8 Å². The third-order valence-electron chi connectivity index (χ3n) is 3.93. The quantitative estimate of drug-likeness (QED) is 0.799. The van der Waals surface area contributed by atoms with Gasteiger partial charge in [-0.15, -0.1) is 0 Å². The summed E-state index contributed by atoms with van der Waals surface area (Å²) in [6.07, 6.45) is 1.04. The molecule has 1 aromatic heterocycles. The number of furan rings is 1. The van der Waals surface area contributed by atoms with E-state index >= 15 is 0 Å². The SMILES string of the molecule is COc1ccc(C(C)(C)CNC(=O)c2cc(C(=O)O)co2)cc1OC. The third kappa shape index (κ3) is 4.12. The number of methoxy groups -OCH3 is 2. The molecule has 0 spiro atoms. The Kier molecular flexibility index (Phi) is 5.36. The molecule has 0 atom stereocenters. The molecule has 134 valence electrons. The van der Waals surface area contributed by atoms with Crippen molar-refractivity contribution >= 4 is 11.9 Å². The summed E-state index contributed by atoms with van der Waals surface area (Å²) >= 11 is 0. The number of rotatable bonds is 7. The molecule has 0 aliphatic heterocycles. The first-order valence-corrected chi connectivity index (χ1v) is 7.61. The van der Waals surface area contributed by atoms with Crippen molar-refractivity contribution in [1.82, 2.24) is 5.32 Å². The first-order valence-electron chi connectivity index (χ1n) is 7.61. The summed E-state index contributed by atoms with van der Waals surface area (Å²) in [6.45, 7) is 4.27. The van der Waals surface area contributed by atoms with Crippen LogP contribution in [0.2, 0.25) is 0 Å². The van der Waals surface area contributed by atoms with E-state index in [-0.39, 0.29) is 11.3 Å². The van der Waals surface area contributed by atoms with Gasteiger partial charge in [0, 0.05) is 18.0 Å². The van der Waals surface area contributed by atoms with Gasteiger partial charge in [0.15, 0.2) is 17.3 Å². The molecule has 1 amide bonds. The largest absolute Gasteiger partial charge is 0.493 e. The van der Waals surface area contributed by atoms with Gasteiger partial charge < -0.3 is 24.3 Å². The number of carboxylic acids is 1.